The zero-order chi connectivity index (χ0) is 18.4. The van der Waals surface area contributed by atoms with Crippen molar-refractivity contribution in [2.45, 2.75) is 44.8 Å². The van der Waals surface area contributed by atoms with Gasteiger partial charge in [-0.15, -0.1) is 0 Å². The number of anilines is 1. The number of benzene rings is 1. The highest BCUT2D eigenvalue weighted by atomic mass is 19.1. The van der Waals surface area contributed by atoms with Gasteiger partial charge in [-0.2, -0.15) is 5.10 Å². The van der Waals surface area contributed by atoms with Gasteiger partial charge in [-0.05, 0) is 38.2 Å². The lowest BCUT2D eigenvalue weighted by Crippen LogP contribution is -2.16. The second-order valence-corrected chi connectivity index (χ2v) is 6.57. The maximum Gasteiger partial charge on any atom is 0.160 e. The summed E-state index contributed by atoms with van der Waals surface area (Å²) in [7, 11) is 0. The Kier molecular flexibility index (Phi) is 6.12. The smallest absolute Gasteiger partial charge is 0.160 e. The van der Waals surface area contributed by atoms with Crippen molar-refractivity contribution in [3.05, 3.63) is 47.9 Å². The summed E-state index contributed by atoms with van der Waals surface area (Å²) in [4.78, 5) is 8.21. The first kappa shape index (κ1) is 18.3. The van der Waals surface area contributed by atoms with Gasteiger partial charge < -0.3 is 10.4 Å². The molecule has 1 saturated carbocycles. The molecule has 1 fully saturated rings. The Morgan fingerprint density at radius 1 is 1.23 bits per heavy atom. The van der Waals surface area contributed by atoms with Gasteiger partial charge in [0, 0.05) is 12.6 Å². The van der Waals surface area contributed by atoms with Crippen LogP contribution in [0.25, 0.3) is 11.0 Å². The van der Waals surface area contributed by atoms with E-state index in [1.165, 1.54) is 17.5 Å². The second kappa shape index (κ2) is 8.71. The first-order valence-electron chi connectivity index (χ1n) is 8.87. The van der Waals surface area contributed by atoms with Gasteiger partial charge in [-0.3, -0.25) is 5.10 Å². The molecule has 138 valence electrons. The molecule has 1 aliphatic rings. The first-order chi connectivity index (χ1) is 12.7. The maximum absolute atomic E-state index is 13.0. The van der Waals surface area contributed by atoms with Crippen molar-refractivity contribution < 1.29 is 9.50 Å². The van der Waals surface area contributed by atoms with Crippen LogP contribution in [-0.2, 0) is 6.42 Å². The zero-order valence-corrected chi connectivity index (χ0v) is 14.8. The van der Waals surface area contributed by atoms with Crippen molar-refractivity contribution in [1.82, 2.24) is 20.2 Å². The number of aliphatic hydroxyl groups is 1. The number of nitrogens with zero attached hydrogens (tertiary/aromatic N) is 3. The number of halogens is 1. The van der Waals surface area contributed by atoms with Crippen molar-refractivity contribution in [1.29, 1.82) is 0 Å². The summed E-state index contributed by atoms with van der Waals surface area (Å²) in [5.74, 6) is 0.734. The third-order valence-corrected chi connectivity index (χ3v) is 4.48. The molecular weight excluding hydrogens is 333 g/mol. The van der Waals surface area contributed by atoms with E-state index >= 15 is 0 Å². The summed E-state index contributed by atoms with van der Waals surface area (Å²) in [6, 6.07) is 8.38. The van der Waals surface area contributed by atoms with Crippen LogP contribution in [-0.4, -0.2) is 44.1 Å². The first-order valence-corrected chi connectivity index (χ1v) is 8.87. The standard InChI is InChI=1S/C10H12FN5.C9H12O/c11-6-1-2-7(3-6)15-9-8-4-14-16-10(8)13-5-12-9;1-8-2-4-9(5-3-8)6-7-10/h4-7H,1-3H2,(H2,12,13,14,15,16);2-5,10H,6-7H2,1H3. The van der Waals surface area contributed by atoms with Gasteiger partial charge in [0.15, 0.2) is 5.65 Å². The molecule has 2 aromatic heterocycles. The SMILES string of the molecule is Cc1ccc(CCO)cc1.FC1CCC(Nc2ncnc3[nH]ncc23)C1. The predicted molar refractivity (Wildman–Crippen MR) is 99.8 cm³/mol. The minimum Gasteiger partial charge on any atom is -0.396 e. The van der Waals surface area contributed by atoms with Crippen LogP contribution in [0.1, 0.15) is 30.4 Å². The van der Waals surface area contributed by atoms with Crippen LogP contribution in [0, 0.1) is 6.92 Å². The summed E-state index contributed by atoms with van der Waals surface area (Å²) in [5.41, 5.74) is 3.17. The molecule has 7 heteroatoms. The second-order valence-electron chi connectivity index (χ2n) is 6.57. The molecule has 0 amide bonds. The molecule has 4 rings (SSSR count). The van der Waals surface area contributed by atoms with Crippen molar-refractivity contribution in [2.24, 2.45) is 0 Å². The highest BCUT2D eigenvalue weighted by Crippen LogP contribution is 2.26. The number of rotatable bonds is 4. The Balaban J connectivity index is 0.000000170. The van der Waals surface area contributed by atoms with Crippen LogP contribution >= 0.6 is 0 Å². The largest absolute Gasteiger partial charge is 0.396 e. The number of hydrogen-bond donors (Lipinski definition) is 3. The van der Waals surface area contributed by atoms with E-state index in [0.29, 0.717) is 18.5 Å². The Bertz CT molecular complexity index is 820. The van der Waals surface area contributed by atoms with Crippen LogP contribution in [0.5, 0.6) is 0 Å². The van der Waals surface area contributed by atoms with E-state index in [0.717, 1.165) is 24.0 Å². The summed E-state index contributed by atoms with van der Waals surface area (Å²) in [6.45, 7) is 2.30. The third kappa shape index (κ3) is 4.76. The van der Waals surface area contributed by atoms with Crippen LogP contribution in [0.15, 0.2) is 36.8 Å². The van der Waals surface area contributed by atoms with Crippen molar-refractivity contribution >= 4 is 16.9 Å². The van der Waals surface area contributed by atoms with E-state index < -0.39 is 6.17 Å². The van der Waals surface area contributed by atoms with Gasteiger partial charge in [0.25, 0.3) is 0 Å². The van der Waals surface area contributed by atoms with Crippen LogP contribution < -0.4 is 5.32 Å². The molecule has 3 N–H and O–H groups in total. The fourth-order valence-corrected chi connectivity index (χ4v) is 3.01. The fourth-order valence-electron chi connectivity index (χ4n) is 3.01. The minimum atomic E-state index is -0.681. The van der Waals surface area contributed by atoms with Crippen LogP contribution in [0.2, 0.25) is 0 Å². The van der Waals surface area contributed by atoms with Crippen LogP contribution in [0.4, 0.5) is 10.2 Å². The molecule has 0 radical (unpaired) electrons. The Morgan fingerprint density at radius 2 is 2.04 bits per heavy atom. The predicted octanol–water partition coefficient (Wildman–Crippen LogP) is 3.19. The van der Waals surface area contributed by atoms with Crippen LogP contribution in [0.3, 0.4) is 0 Å². The van der Waals surface area contributed by atoms with Crippen molar-refractivity contribution in [3.63, 3.8) is 0 Å². The Labute approximate surface area is 151 Å². The highest BCUT2D eigenvalue weighted by Gasteiger charge is 2.24. The summed E-state index contributed by atoms with van der Waals surface area (Å²) in [6.07, 6.45) is 5.29. The molecule has 2 heterocycles. The summed E-state index contributed by atoms with van der Waals surface area (Å²) in [5, 5.41) is 19.4. The number of hydrogen-bond acceptors (Lipinski definition) is 5. The Hall–Kier alpha value is -2.54. The average Bonchev–Trinajstić information content (AvgIpc) is 3.27. The van der Waals surface area contributed by atoms with E-state index in [9.17, 15) is 4.39 Å². The molecule has 6 nitrogen and oxygen atoms in total. The van der Waals surface area contributed by atoms with Gasteiger partial charge in [-0.25, -0.2) is 14.4 Å². The van der Waals surface area contributed by atoms with Gasteiger partial charge in [0.05, 0.1) is 11.6 Å². The number of fused-ring (bicyclic) bond motifs is 1. The molecule has 1 aliphatic carbocycles. The van der Waals surface area contributed by atoms with E-state index in [1.807, 2.05) is 12.1 Å². The highest BCUT2D eigenvalue weighted by molar-refractivity contribution is 5.85. The van der Waals surface area contributed by atoms with Gasteiger partial charge in [0.2, 0.25) is 0 Å². The summed E-state index contributed by atoms with van der Waals surface area (Å²) >= 11 is 0. The lowest BCUT2D eigenvalue weighted by molar-refractivity contribution is 0.299. The molecule has 0 spiro atoms. The lowest BCUT2D eigenvalue weighted by Gasteiger charge is -2.12. The number of aromatic amines is 1. The zero-order valence-electron chi connectivity index (χ0n) is 14.8. The number of H-pyrrole nitrogens is 1. The topological polar surface area (TPSA) is 86.7 Å². The molecule has 1 aromatic carbocycles. The molecule has 2 atom stereocenters. The fraction of sp³-hybridized carbons (Fsp3) is 0.421. The number of nitrogens with one attached hydrogen (secondary N) is 2. The number of alkyl halides is 1. The van der Waals surface area contributed by atoms with E-state index in [4.69, 9.17) is 5.11 Å². The maximum atomic E-state index is 13.0. The Morgan fingerprint density at radius 3 is 2.73 bits per heavy atom. The van der Waals surface area contributed by atoms with Crippen molar-refractivity contribution in [2.75, 3.05) is 11.9 Å². The molecule has 0 saturated heterocycles. The number of aryl methyl sites for hydroxylation is 1. The van der Waals surface area contributed by atoms with E-state index in [2.05, 4.69) is 44.5 Å². The number of aromatic nitrogens is 4. The van der Waals surface area contributed by atoms with E-state index in [-0.39, 0.29) is 12.6 Å². The third-order valence-electron chi connectivity index (χ3n) is 4.48. The molecular formula is C19H24FN5O. The lowest BCUT2D eigenvalue weighted by atomic mass is 10.1. The van der Waals surface area contributed by atoms with Gasteiger partial charge in [0.1, 0.15) is 18.3 Å². The quantitative estimate of drug-likeness (QED) is 0.668. The normalized spacial score (nSPS) is 19.2. The average molecular weight is 357 g/mol. The molecule has 26 heavy (non-hydrogen) atoms. The number of aliphatic hydroxyl groups excluding tert-OH is 1. The van der Waals surface area contributed by atoms with Gasteiger partial charge in [-0.1, -0.05) is 29.8 Å². The van der Waals surface area contributed by atoms with Gasteiger partial charge >= 0.3 is 0 Å². The molecule has 3 aromatic rings. The minimum absolute atomic E-state index is 0.169. The van der Waals surface area contributed by atoms with Crippen molar-refractivity contribution in [3.8, 4) is 0 Å². The molecule has 0 aliphatic heterocycles. The monoisotopic (exact) mass is 357 g/mol. The molecule has 2 unspecified atom stereocenters. The summed E-state index contributed by atoms with van der Waals surface area (Å²) < 4.78 is 13.0. The molecule has 0 bridgehead atoms. The van der Waals surface area contributed by atoms with E-state index in [1.54, 1.807) is 6.20 Å².